The molecule has 2 rings (SSSR count). The van der Waals surface area contributed by atoms with Gasteiger partial charge < -0.3 is 19.9 Å². The number of β-lactam (4-membered cyclic amide) rings is 1. The van der Waals surface area contributed by atoms with Crippen molar-refractivity contribution in [2.75, 3.05) is 0 Å². The Balaban J connectivity index is 0.00000128. The quantitative estimate of drug-likeness (QED) is 0.386. The fraction of sp³-hybridized carbons (Fsp3) is 0.600. The molecule has 0 aromatic heterocycles. The summed E-state index contributed by atoms with van der Waals surface area (Å²) in [4.78, 5) is 23.6. The van der Waals surface area contributed by atoms with E-state index in [-0.39, 0.29) is 47.2 Å². The Bertz CT molecular complexity index is 377. The van der Waals surface area contributed by atoms with Gasteiger partial charge in [0.15, 0.2) is 0 Å². The maximum atomic E-state index is 11.6. The molecule has 0 unspecified atom stereocenters. The van der Waals surface area contributed by atoms with Crippen molar-refractivity contribution < 1.29 is 49.4 Å². The second-order valence-electron chi connectivity index (χ2n) is 4.16. The first-order valence-corrected chi connectivity index (χ1v) is 4.87. The average Bonchev–Trinajstić information content (AvgIpc) is 2.38. The Morgan fingerprint density at radius 2 is 2.19 bits per heavy atom. The van der Waals surface area contributed by atoms with E-state index in [4.69, 9.17) is 0 Å². The third-order valence-corrected chi connectivity index (χ3v) is 3.14. The van der Waals surface area contributed by atoms with Crippen LogP contribution in [0, 0.1) is 5.92 Å². The van der Waals surface area contributed by atoms with Crippen molar-refractivity contribution in [3.63, 3.8) is 0 Å². The van der Waals surface area contributed by atoms with Crippen LogP contribution in [0.2, 0.25) is 0 Å². The zero-order chi connectivity index (χ0) is 11.3. The molecule has 0 aromatic carbocycles. The number of carbonyl (C=O) groups excluding carboxylic acids is 2. The molecular formula is C10H12NNaO4. The van der Waals surface area contributed by atoms with E-state index in [0.717, 1.165) is 0 Å². The average molecular weight is 233 g/mol. The Labute approximate surface area is 115 Å². The number of aliphatic hydroxyl groups is 1. The first-order chi connectivity index (χ1) is 6.95. The molecule has 5 nitrogen and oxygen atoms in total. The van der Waals surface area contributed by atoms with Gasteiger partial charge in [0.2, 0.25) is 5.91 Å². The van der Waals surface area contributed by atoms with Crippen LogP contribution in [0.1, 0.15) is 20.3 Å². The molecule has 1 N–H and O–H groups in total. The number of hydrogen-bond donors (Lipinski definition) is 1. The molecule has 0 spiro atoms. The van der Waals surface area contributed by atoms with Gasteiger partial charge in [-0.1, -0.05) is 0 Å². The molecule has 82 valence electrons. The molecule has 0 saturated carbocycles. The van der Waals surface area contributed by atoms with Crippen molar-refractivity contribution in [3.8, 4) is 0 Å². The number of rotatable bonds is 2. The molecule has 2 aliphatic heterocycles. The number of hydrogen-bond acceptors (Lipinski definition) is 4. The smallest absolute Gasteiger partial charge is 0.543 e. The maximum Gasteiger partial charge on any atom is 1.00 e. The fourth-order valence-electron chi connectivity index (χ4n) is 2.48. The molecule has 6 heteroatoms. The van der Waals surface area contributed by atoms with Gasteiger partial charge in [-0.2, -0.15) is 0 Å². The van der Waals surface area contributed by atoms with Crippen molar-refractivity contribution in [3.05, 3.63) is 11.3 Å². The Morgan fingerprint density at radius 3 is 2.62 bits per heavy atom. The minimum Gasteiger partial charge on any atom is -0.543 e. The third-order valence-electron chi connectivity index (χ3n) is 3.14. The zero-order valence-electron chi connectivity index (χ0n) is 9.56. The second kappa shape index (κ2) is 4.49. The summed E-state index contributed by atoms with van der Waals surface area (Å²) in [6.45, 7) is 3.22. The van der Waals surface area contributed by atoms with Crippen LogP contribution in [0.25, 0.3) is 0 Å². The van der Waals surface area contributed by atoms with Crippen LogP contribution in [0.5, 0.6) is 0 Å². The van der Waals surface area contributed by atoms with Crippen molar-refractivity contribution in [1.29, 1.82) is 0 Å². The largest absolute Gasteiger partial charge is 1.00 e. The number of aliphatic carboxylic acids is 1. The molecular weight excluding hydrogens is 221 g/mol. The first-order valence-electron chi connectivity index (χ1n) is 4.87. The van der Waals surface area contributed by atoms with Gasteiger partial charge in [-0.3, -0.25) is 4.79 Å². The van der Waals surface area contributed by atoms with Crippen LogP contribution >= 0.6 is 0 Å². The Hall–Kier alpha value is -0.360. The summed E-state index contributed by atoms with van der Waals surface area (Å²) < 4.78 is 0. The predicted octanol–water partition coefficient (Wildman–Crippen LogP) is -4.37. The summed E-state index contributed by atoms with van der Waals surface area (Å²) in [5.74, 6) is -2.09. The molecule has 2 aliphatic rings. The Morgan fingerprint density at radius 1 is 1.62 bits per heavy atom. The van der Waals surface area contributed by atoms with Gasteiger partial charge in [0.1, 0.15) is 0 Å². The van der Waals surface area contributed by atoms with Crippen LogP contribution in [-0.2, 0) is 9.59 Å². The number of nitrogens with zero attached hydrogens (tertiary/aromatic N) is 1. The summed E-state index contributed by atoms with van der Waals surface area (Å²) in [5.41, 5.74) is 0.637. The minimum atomic E-state index is -1.31. The molecule has 1 fully saturated rings. The molecule has 2 heterocycles. The molecule has 0 radical (unpaired) electrons. The van der Waals surface area contributed by atoms with Crippen molar-refractivity contribution >= 4 is 11.9 Å². The van der Waals surface area contributed by atoms with E-state index in [0.29, 0.717) is 12.0 Å². The Kier molecular flexibility index (Phi) is 3.84. The second-order valence-corrected chi connectivity index (χ2v) is 4.16. The number of fused-ring (bicyclic) bond motifs is 1. The monoisotopic (exact) mass is 233 g/mol. The summed E-state index contributed by atoms with van der Waals surface area (Å²) in [6, 6.07) is -0.189. The third kappa shape index (κ3) is 1.72. The number of aliphatic hydroxyl groups excluding tert-OH is 1. The van der Waals surface area contributed by atoms with Gasteiger partial charge >= 0.3 is 29.6 Å². The van der Waals surface area contributed by atoms with Crippen LogP contribution in [-0.4, -0.2) is 34.0 Å². The van der Waals surface area contributed by atoms with Gasteiger partial charge in [-0.25, -0.2) is 0 Å². The van der Waals surface area contributed by atoms with E-state index in [1.165, 1.54) is 4.90 Å². The molecule has 1 amide bonds. The van der Waals surface area contributed by atoms with Crippen molar-refractivity contribution in [2.24, 2.45) is 5.92 Å². The van der Waals surface area contributed by atoms with E-state index in [1.807, 2.05) is 0 Å². The predicted molar refractivity (Wildman–Crippen MR) is 48.1 cm³/mol. The fourth-order valence-corrected chi connectivity index (χ4v) is 2.48. The standard InChI is InChI=1S/C10H13NO4.Na/c1-4-3-6-7(5(2)12)9(13)11(6)8(4)10(14)15;/h5-7,12H,3H2,1-2H3,(H,14,15);/q;+1/p-1/t5-,6-,7+;/m1./s1. The van der Waals surface area contributed by atoms with E-state index in [9.17, 15) is 19.8 Å². The summed E-state index contributed by atoms with van der Waals surface area (Å²) in [6.07, 6.45) is -0.211. The van der Waals surface area contributed by atoms with Gasteiger partial charge in [0, 0.05) is 0 Å². The topological polar surface area (TPSA) is 80.7 Å². The van der Waals surface area contributed by atoms with Crippen LogP contribution in [0.3, 0.4) is 0 Å². The number of carbonyl (C=O) groups is 2. The van der Waals surface area contributed by atoms with Crippen LogP contribution in [0.4, 0.5) is 0 Å². The molecule has 1 saturated heterocycles. The van der Waals surface area contributed by atoms with Gasteiger partial charge in [-0.15, -0.1) is 0 Å². The summed E-state index contributed by atoms with van der Waals surface area (Å²) in [7, 11) is 0. The van der Waals surface area contributed by atoms with E-state index in [2.05, 4.69) is 0 Å². The van der Waals surface area contributed by atoms with Gasteiger partial charge in [0.25, 0.3) is 0 Å². The maximum absolute atomic E-state index is 11.6. The normalized spacial score (nSPS) is 29.4. The van der Waals surface area contributed by atoms with E-state index in [1.54, 1.807) is 13.8 Å². The molecule has 0 aromatic rings. The van der Waals surface area contributed by atoms with Crippen molar-refractivity contribution in [1.82, 2.24) is 4.90 Å². The minimum absolute atomic E-state index is 0. The molecule has 0 bridgehead atoms. The molecule has 16 heavy (non-hydrogen) atoms. The molecule has 0 aliphatic carbocycles. The summed E-state index contributed by atoms with van der Waals surface area (Å²) >= 11 is 0. The van der Waals surface area contributed by atoms with Gasteiger partial charge in [-0.05, 0) is 25.8 Å². The zero-order valence-corrected chi connectivity index (χ0v) is 11.6. The number of carboxylic acid groups (broad SMARTS) is 1. The SMILES string of the molecule is CC1=C(C(=O)[O-])N2C(=O)[C@@H]([C@@H](C)O)[C@H]2C1.[Na+]. The molecule has 3 atom stereocenters. The summed E-state index contributed by atoms with van der Waals surface area (Å²) in [5, 5.41) is 20.2. The van der Waals surface area contributed by atoms with Crippen LogP contribution in [0.15, 0.2) is 11.3 Å². The van der Waals surface area contributed by atoms with E-state index < -0.39 is 18.0 Å². The first kappa shape index (κ1) is 13.7. The number of carboxylic acids is 1. The van der Waals surface area contributed by atoms with Gasteiger partial charge in [0.05, 0.1) is 29.7 Å². The number of amides is 1. The van der Waals surface area contributed by atoms with Crippen LogP contribution < -0.4 is 34.7 Å². The van der Waals surface area contributed by atoms with Crippen molar-refractivity contribution in [2.45, 2.75) is 32.4 Å². The van der Waals surface area contributed by atoms with E-state index >= 15 is 0 Å².